The van der Waals surface area contributed by atoms with Gasteiger partial charge in [-0.25, -0.2) is 9.79 Å². The van der Waals surface area contributed by atoms with Gasteiger partial charge in [-0.15, -0.1) is 0 Å². The molecule has 4 rings (SSSR count). The third kappa shape index (κ3) is 7.92. The third-order valence-electron chi connectivity index (χ3n) is 8.09. The zero-order valence-corrected chi connectivity index (χ0v) is 22.2. The molecule has 2 aliphatic carbocycles. The van der Waals surface area contributed by atoms with E-state index in [9.17, 15) is 14.9 Å². The van der Waals surface area contributed by atoms with Gasteiger partial charge in [0, 0.05) is 26.2 Å². The number of aliphatic imine (C=N–C) groups is 1. The number of guanidine groups is 1. The first-order valence-corrected chi connectivity index (χ1v) is 13.9. The lowest BCUT2D eigenvalue weighted by molar-refractivity contribution is -0.124. The molecule has 2 heterocycles. The number of amides is 2. The lowest BCUT2D eigenvalue weighted by atomic mass is 9.84. The summed E-state index contributed by atoms with van der Waals surface area (Å²) in [6, 6.07) is 1.69. The maximum absolute atomic E-state index is 13.7. The van der Waals surface area contributed by atoms with E-state index in [0.717, 1.165) is 57.2 Å². The van der Waals surface area contributed by atoms with E-state index in [4.69, 9.17) is 14.5 Å². The fourth-order valence-corrected chi connectivity index (χ4v) is 5.42. The van der Waals surface area contributed by atoms with E-state index in [1.54, 1.807) is 0 Å². The molecule has 0 aromatic carbocycles. The highest BCUT2D eigenvalue weighted by atomic mass is 16.5. The van der Waals surface area contributed by atoms with Crippen molar-refractivity contribution in [1.29, 1.82) is 5.26 Å². The van der Waals surface area contributed by atoms with Crippen LogP contribution < -0.4 is 10.6 Å². The quantitative estimate of drug-likeness (QED) is 0.304. The van der Waals surface area contributed by atoms with Crippen LogP contribution in [0.1, 0.15) is 64.2 Å². The van der Waals surface area contributed by atoms with Crippen molar-refractivity contribution >= 4 is 18.0 Å². The number of hydrogen-bond donors (Lipinski definition) is 2. The predicted octanol–water partition coefficient (Wildman–Crippen LogP) is 2.56. The second-order valence-electron chi connectivity index (χ2n) is 10.9. The number of piperidine rings is 1. The van der Waals surface area contributed by atoms with Crippen molar-refractivity contribution in [2.24, 2.45) is 10.9 Å². The van der Waals surface area contributed by atoms with Crippen LogP contribution in [0.2, 0.25) is 0 Å². The second-order valence-corrected chi connectivity index (χ2v) is 10.9. The fourth-order valence-electron chi connectivity index (χ4n) is 5.42. The molecule has 4 aliphatic rings. The second kappa shape index (κ2) is 13.2. The smallest absolute Gasteiger partial charge is 0.414 e. The molecule has 2 saturated heterocycles. The van der Waals surface area contributed by atoms with Crippen LogP contribution >= 0.6 is 0 Å². The molecular formula is C27H42N6O4. The van der Waals surface area contributed by atoms with E-state index in [0.29, 0.717) is 57.4 Å². The summed E-state index contributed by atoms with van der Waals surface area (Å²) in [5.74, 6) is 0.505. The van der Waals surface area contributed by atoms with Crippen molar-refractivity contribution in [3.8, 4) is 6.07 Å². The van der Waals surface area contributed by atoms with Crippen LogP contribution in [0.25, 0.3) is 0 Å². The molecule has 2 amide bonds. The van der Waals surface area contributed by atoms with Crippen LogP contribution in [-0.2, 0) is 14.3 Å². The minimum absolute atomic E-state index is 0.239. The number of hydrogen-bond acceptors (Lipinski definition) is 7. The fraction of sp³-hybridized carbons (Fsp3) is 0.778. The highest BCUT2D eigenvalue weighted by molar-refractivity contribution is 5.96. The van der Waals surface area contributed by atoms with Gasteiger partial charge in [-0.1, -0.05) is 38.2 Å². The molecule has 10 heteroatoms. The van der Waals surface area contributed by atoms with Crippen molar-refractivity contribution in [2.75, 3.05) is 53.0 Å². The summed E-state index contributed by atoms with van der Waals surface area (Å²) in [6.45, 7) is 3.96. The summed E-state index contributed by atoms with van der Waals surface area (Å²) in [7, 11) is 2.03. The maximum atomic E-state index is 13.7. The van der Waals surface area contributed by atoms with E-state index in [1.807, 2.05) is 11.9 Å². The molecule has 2 aliphatic heterocycles. The average molecular weight is 515 g/mol. The van der Waals surface area contributed by atoms with Gasteiger partial charge in [0.15, 0.2) is 0 Å². The molecule has 1 saturated carbocycles. The largest absolute Gasteiger partial charge is 0.445 e. The minimum Gasteiger partial charge on any atom is -0.445 e. The van der Waals surface area contributed by atoms with E-state index >= 15 is 0 Å². The number of carbonyl (C=O) groups is 2. The van der Waals surface area contributed by atoms with Crippen molar-refractivity contribution in [3.63, 3.8) is 0 Å². The van der Waals surface area contributed by atoms with Gasteiger partial charge in [0.1, 0.15) is 18.2 Å². The number of carbonyl (C=O) groups excluding carboxylic acids is 2. The molecule has 1 unspecified atom stereocenters. The third-order valence-corrected chi connectivity index (χ3v) is 8.09. The average Bonchev–Trinajstić information content (AvgIpc) is 2.89. The zero-order valence-electron chi connectivity index (χ0n) is 22.2. The van der Waals surface area contributed by atoms with Gasteiger partial charge in [0.05, 0.1) is 19.3 Å². The first-order valence-electron chi connectivity index (χ1n) is 13.9. The van der Waals surface area contributed by atoms with Gasteiger partial charge in [-0.2, -0.15) is 5.26 Å². The summed E-state index contributed by atoms with van der Waals surface area (Å²) in [6.07, 6.45) is 11.0. The number of rotatable bonds is 7. The van der Waals surface area contributed by atoms with Gasteiger partial charge < -0.3 is 24.6 Å². The van der Waals surface area contributed by atoms with Crippen LogP contribution in [0.5, 0.6) is 0 Å². The monoisotopic (exact) mass is 514 g/mol. The minimum atomic E-state index is -0.883. The molecule has 37 heavy (non-hydrogen) atoms. The Hall–Kier alpha value is -2.64. The van der Waals surface area contributed by atoms with E-state index < -0.39 is 17.7 Å². The molecule has 204 valence electrons. The summed E-state index contributed by atoms with van der Waals surface area (Å²) >= 11 is 0. The summed E-state index contributed by atoms with van der Waals surface area (Å²) in [5, 5.41) is 15.9. The topological polar surface area (TPSA) is 119 Å². The van der Waals surface area contributed by atoms with Gasteiger partial charge >= 0.3 is 6.09 Å². The van der Waals surface area contributed by atoms with Gasteiger partial charge in [0.2, 0.25) is 11.9 Å². The van der Waals surface area contributed by atoms with Gasteiger partial charge in [-0.05, 0) is 50.6 Å². The Morgan fingerprint density at radius 2 is 1.92 bits per heavy atom. The van der Waals surface area contributed by atoms with Gasteiger partial charge in [-0.3, -0.25) is 10.1 Å². The lowest BCUT2D eigenvalue weighted by Crippen LogP contribution is -2.56. The Balaban J connectivity index is 1.53. The number of morpholine rings is 1. The van der Waals surface area contributed by atoms with E-state index in [-0.39, 0.29) is 12.5 Å². The van der Waals surface area contributed by atoms with E-state index in [1.165, 1.54) is 6.42 Å². The van der Waals surface area contributed by atoms with Crippen LogP contribution in [0.15, 0.2) is 16.6 Å². The summed E-state index contributed by atoms with van der Waals surface area (Å²) < 4.78 is 10.9. The van der Waals surface area contributed by atoms with Crippen molar-refractivity contribution in [3.05, 3.63) is 11.6 Å². The molecule has 2 N–H and O–H groups in total. The number of ether oxygens (including phenoxy) is 2. The molecule has 0 bridgehead atoms. The van der Waals surface area contributed by atoms with Crippen LogP contribution in [0, 0.1) is 17.2 Å². The lowest BCUT2D eigenvalue weighted by Gasteiger charge is -2.37. The summed E-state index contributed by atoms with van der Waals surface area (Å²) in [5.41, 5.74) is 0.237. The maximum Gasteiger partial charge on any atom is 0.414 e. The van der Waals surface area contributed by atoms with Crippen molar-refractivity contribution < 1.29 is 19.1 Å². The number of alkyl carbamates (subject to hydrolysis) is 1. The standard InChI is InChI=1S/C27H42N6O4/c1-32-12-10-27(20-28,11-13-32)31-24(34)23(18-21-6-3-2-4-7-21)29-25(33-14-16-36-17-15-33)30-26(35)37-19-22-8-5-9-22/h8,21,23H,2-7,9-19H2,1H3,(H,31,34)(H,29,30,35). The van der Waals surface area contributed by atoms with E-state index in [2.05, 4.69) is 27.7 Å². The number of nitrogens with zero attached hydrogens (tertiary/aromatic N) is 4. The molecule has 0 aromatic rings. The SMILES string of the molecule is CN1CCC(C#N)(NC(=O)C(CC2CCCCC2)N=C(NC(=O)OCC2=CCC2)N2CCOCC2)CC1. The van der Waals surface area contributed by atoms with Crippen molar-refractivity contribution in [1.82, 2.24) is 20.4 Å². The Kier molecular flexibility index (Phi) is 9.81. The number of allylic oxidation sites excluding steroid dienone is 1. The summed E-state index contributed by atoms with van der Waals surface area (Å²) in [4.78, 5) is 35.4. The first-order chi connectivity index (χ1) is 18.0. The zero-order chi connectivity index (χ0) is 26.1. The molecule has 0 aromatic heterocycles. The van der Waals surface area contributed by atoms with Crippen LogP contribution in [0.3, 0.4) is 0 Å². The Morgan fingerprint density at radius 1 is 1.22 bits per heavy atom. The Morgan fingerprint density at radius 3 is 2.54 bits per heavy atom. The van der Waals surface area contributed by atoms with Crippen molar-refractivity contribution in [2.45, 2.75) is 75.8 Å². The molecular weight excluding hydrogens is 472 g/mol. The Labute approximate surface area is 220 Å². The predicted molar refractivity (Wildman–Crippen MR) is 140 cm³/mol. The van der Waals surface area contributed by atoms with Crippen LogP contribution in [0.4, 0.5) is 4.79 Å². The molecule has 1 atom stereocenters. The van der Waals surface area contributed by atoms with Gasteiger partial charge in [0.25, 0.3) is 0 Å². The molecule has 10 nitrogen and oxygen atoms in total. The Bertz CT molecular complexity index is 893. The highest BCUT2D eigenvalue weighted by Crippen LogP contribution is 2.29. The van der Waals surface area contributed by atoms with Crippen LogP contribution in [-0.4, -0.2) is 92.4 Å². The number of nitrogens with one attached hydrogen (secondary N) is 2. The number of nitriles is 1. The number of likely N-dealkylation sites (tertiary alicyclic amines) is 1. The normalized spacial score (nSPS) is 23.7. The molecule has 3 fully saturated rings. The highest BCUT2D eigenvalue weighted by Gasteiger charge is 2.38. The molecule has 0 radical (unpaired) electrons. The molecule has 0 spiro atoms. The first kappa shape index (κ1) is 27.4.